The molecule has 2 heterocycles. The summed E-state index contributed by atoms with van der Waals surface area (Å²) in [5, 5.41) is 0. The molecule has 3 rings (SSSR count). The number of aliphatic imine (C=N–C) groups is 1. The van der Waals surface area contributed by atoms with Gasteiger partial charge in [0, 0.05) is 12.1 Å². The number of hydrogen-bond donors (Lipinski definition) is 2. The second kappa shape index (κ2) is 3.53. The first-order chi connectivity index (χ1) is 8.25. The van der Waals surface area contributed by atoms with E-state index in [1.807, 2.05) is 30.3 Å². The fourth-order valence-electron chi connectivity index (χ4n) is 1.72. The minimum absolute atomic E-state index is 0.216. The number of para-hydroxylation sites is 1. The van der Waals surface area contributed by atoms with Crippen LogP contribution in [-0.2, 0) is 0 Å². The number of aromatic nitrogens is 2. The van der Waals surface area contributed by atoms with Gasteiger partial charge in [-0.3, -0.25) is 14.8 Å². The molecule has 2 N–H and O–H groups in total. The highest BCUT2D eigenvalue weighted by molar-refractivity contribution is 5.87. The number of rotatable bonds is 1. The molecule has 1 aromatic heterocycles. The van der Waals surface area contributed by atoms with E-state index in [0.29, 0.717) is 5.82 Å². The zero-order valence-electron chi connectivity index (χ0n) is 8.68. The van der Waals surface area contributed by atoms with Gasteiger partial charge >= 0.3 is 11.5 Å². The van der Waals surface area contributed by atoms with E-state index in [1.54, 1.807) is 4.90 Å². The van der Waals surface area contributed by atoms with Crippen molar-refractivity contribution in [2.75, 3.05) is 0 Å². The van der Waals surface area contributed by atoms with Gasteiger partial charge in [0.15, 0.2) is 5.69 Å². The first-order valence-electron chi connectivity index (χ1n) is 5.01. The molecular weight excluding hydrogens is 220 g/mol. The number of hydrogen-bond acceptors (Lipinski definition) is 4. The Morgan fingerprint density at radius 1 is 1.06 bits per heavy atom. The van der Waals surface area contributed by atoms with E-state index in [-0.39, 0.29) is 5.69 Å². The Labute approximate surface area is 95.3 Å². The van der Waals surface area contributed by atoms with Crippen LogP contribution in [-0.4, -0.2) is 16.3 Å². The molecule has 1 aliphatic heterocycles. The van der Waals surface area contributed by atoms with Gasteiger partial charge in [-0.25, -0.2) is 4.79 Å². The number of H-pyrrole nitrogens is 2. The highest BCUT2D eigenvalue weighted by atomic mass is 16.2. The molecule has 0 unspecified atom stereocenters. The van der Waals surface area contributed by atoms with E-state index in [4.69, 9.17) is 0 Å². The third-order valence-electron chi connectivity index (χ3n) is 2.48. The molecule has 0 amide bonds. The van der Waals surface area contributed by atoms with Crippen LogP contribution in [0.4, 0.5) is 17.2 Å². The largest absolute Gasteiger partial charge is 0.330 e. The number of nitrogens with zero attached hydrogens (tertiary/aromatic N) is 2. The fourth-order valence-corrected chi connectivity index (χ4v) is 1.72. The first-order valence-corrected chi connectivity index (χ1v) is 5.01. The Hall–Kier alpha value is -2.47. The summed E-state index contributed by atoms with van der Waals surface area (Å²) < 4.78 is 0. The van der Waals surface area contributed by atoms with Gasteiger partial charge in [-0.1, -0.05) is 18.2 Å². The van der Waals surface area contributed by atoms with Crippen LogP contribution in [0.25, 0.3) is 0 Å². The van der Waals surface area contributed by atoms with Crippen LogP contribution in [0.1, 0.15) is 0 Å². The molecule has 1 aliphatic rings. The maximum absolute atomic E-state index is 11.5. The highest BCUT2D eigenvalue weighted by Crippen LogP contribution is 2.30. The SMILES string of the molecule is O=c1[nH]c2c(c(=O)[nH]1)N=C[N+]2c1ccccc1. The van der Waals surface area contributed by atoms with E-state index in [2.05, 4.69) is 15.0 Å². The van der Waals surface area contributed by atoms with Crippen molar-refractivity contribution in [3.63, 3.8) is 0 Å². The summed E-state index contributed by atoms with van der Waals surface area (Å²) in [4.78, 5) is 33.1. The monoisotopic (exact) mass is 228 g/mol. The van der Waals surface area contributed by atoms with Crippen molar-refractivity contribution in [1.29, 1.82) is 0 Å². The lowest BCUT2D eigenvalue weighted by atomic mass is 10.3. The fraction of sp³-hybridized carbons (Fsp3) is 0. The Balaban J connectivity index is 2.20. The molecule has 83 valence electrons. The second-order valence-electron chi connectivity index (χ2n) is 3.56. The van der Waals surface area contributed by atoms with Crippen molar-refractivity contribution in [2.24, 2.45) is 4.99 Å². The molecular formula is C11H8N4O2+. The molecule has 1 aromatic carbocycles. The molecule has 6 heteroatoms. The van der Waals surface area contributed by atoms with Gasteiger partial charge in [0.05, 0.1) is 0 Å². The Morgan fingerprint density at radius 2 is 1.82 bits per heavy atom. The Bertz CT molecular complexity index is 699. The number of benzene rings is 1. The summed E-state index contributed by atoms with van der Waals surface area (Å²) in [5.41, 5.74) is 0.0170. The van der Waals surface area contributed by atoms with Gasteiger partial charge in [0.2, 0.25) is 5.69 Å². The van der Waals surface area contributed by atoms with E-state index in [0.717, 1.165) is 5.69 Å². The smallest absolute Gasteiger partial charge is 0.272 e. The minimum atomic E-state index is -0.541. The van der Waals surface area contributed by atoms with Crippen LogP contribution in [0.3, 0.4) is 0 Å². The topological polar surface area (TPSA) is 84.0 Å². The molecule has 0 saturated carbocycles. The van der Waals surface area contributed by atoms with Crippen molar-refractivity contribution in [3.05, 3.63) is 51.2 Å². The number of fused-ring (bicyclic) bond motifs is 1. The van der Waals surface area contributed by atoms with Crippen molar-refractivity contribution >= 4 is 23.5 Å². The maximum atomic E-state index is 11.5. The van der Waals surface area contributed by atoms with Gasteiger partial charge in [0.1, 0.15) is 0 Å². The lowest BCUT2D eigenvalue weighted by molar-refractivity contribution is 0.935. The van der Waals surface area contributed by atoms with Crippen molar-refractivity contribution < 1.29 is 0 Å². The van der Waals surface area contributed by atoms with E-state index in [9.17, 15) is 9.59 Å². The highest BCUT2D eigenvalue weighted by Gasteiger charge is 2.32. The predicted octanol–water partition coefficient (Wildman–Crippen LogP) is 0.840. The van der Waals surface area contributed by atoms with E-state index < -0.39 is 11.2 Å². The molecule has 1 radical (unpaired) electrons. The van der Waals surface area contributed by atoms with Crippen molar-refractivity contribution in [1.82, 2.24) is 14.9 Å². The van der Waals surface area contributed by atoms with E-state index >= 15 is 0 Å². The molecule has 6 nitrogen and oxygen atoms in total. The van der Waals surface area contributed by atoms with Crippen LogP contribution in [0, 0.1) is 0 Å². The van der Waals surface area contributed by atoms with Crippen LogP contribution in [0.2, 0.25) is 0 Å². The normalized spacial score (nSPS) is 13.9. The summed E-state index contributed by atoms with van der Waals surface area (Å²) in [7, 11) is 0. The molecule has 2 aromatic rings. The summed E-state index contributed by atoms with van der Waals surface area (Å²) in [6.07, 6.45) is 1.51. The zero-order chi connectivity index (χ0) is 11.8. The average Bonchev–Trinajstić information content (AvgIpc) is 2.74. The van der Waals surface area contributed by atoms with Gasteiger partial charge in [-0.05, 0) is 4.90 Å². The first kappa shape index (κ1) is 9.73. The predicted molar refractivity (Wildman–Crippen MR) is 63.7 cm³/mol. The molecule has 0 atom stereocenters. The third-order valence-corrected chi connectivity index (χ3v) is 2.48. The number of anilines is 2. The number of nitrogens with one attached hydrogen (secondary N) is 2. The molecule has 0 bridgehead atoms. The lowest BCUT2D eigenvalue weighted by Gasteiger charge is -2.00. The van der Waals surface area contributed by atoms with Crippen LogP contribution < -0.4 is 16.1 Å². The Kier molecular flexibility index (Phi) is 2.02. The quantitative estimate of drug-likeness (QED) is 0.709. The summed E-state index contributed by atoms with van der Waals surface area (Å²) in [6.45, 7) is 0. The summed E-state index contributed by atoms with van der Waals surface area (Å²) in [6, 6.07) is 9.35. The standard InChI is InChI=1S/C11H8N4O2/c16-10-8-9(13-11(17)14-10)15(6-12-8)7-4-2-1-3-5-7/h1-6H,(H2,13,14,16,17)/q+1. The van der Waals surface area contributed by atoms with Gasteiger partial charge in [-0.15, -0.1) is 0 Å². The van der Waals surface area contributed by atoms with Gasteiger partial charge < -0.3 is 0 Å². The third kappa shape index (κ3) is 1.51. The summed E-state index contributed by atoms with van der Waals surface area (Å²) in [5.74, 6) is 0.393. The molecule has 17 heavy (non-hydrogen) atoms. The second-order valence-corrected chi connectivity index (χ2v) is 3.56. The number of aromatic amines is 2. The maximum Gasteiger partial charge on any atom is 0.330 e. The summed E-state index contributed by atoms with van der Waals surface area (Å²) >= 11 is 0. The zero-order valence-corrected chi connectivity index (χ0v) is 8.68. The Morgan fingerprint density at radius 3 is 2.59 bits per heavy atom. The van der Waals surface area contributed by atoms with Gasteiger partial charge in [0.25, 0.3) is 11.9 Å². The van der Waals surface area contributed by atoms with E-state index in [1.165, 1.54) is 6.34 Å². The van der Waals surface area contributed by atoms with Crippen molar-refractivity contribution in [3.8, 4) is 0 Å². The molecule has 0 aliphatic carbocycles. The average molecular weight is 228 g/mol. The van der Waals surface area contributed by atoms with Crippen LogP contribution in [0.5, 0.6) is 0 Å². The van der Waals surface area contributed by atoms with Crippen molar-refractivity contribution in [2.45, 2.75) is 0 Å². The lowest BCUT2D eigenvalue weighted by Crippen LogP contribution is -2.24. The molecule has 0 spiro atoms. The van der Waals surface area contributed by atoms with Crippen LogP contribution in [0.15, 0.2) is 44.9 Å². The molecule has 0 fully saturated rings. The van der Waals surface area contributed by atoms with Crippen LogP contribution >= 0.6 is 0 Å². The molecule has 0 saturated heterocycles. The minimum Gasteiger partial charge on any atom is -0.272 e. The van der Waals surface area contributed by atoms with Gasteiger partial charge in [-0.2, -0.15) is 4.99 Å².